The van der Waals surface area contributed by atoms with Crippen molar-refractivity contribution in [3.8, 4) is 5.75 Å². The molecule has 2 N–H and O–H groups in total. The fraction of sp³-hybridized carbons (Fsp3) is 0.516. The van der Waals surface area contributed by atoms with Gasteiger partial charge in [0.25, 0.3) is 5.91 Å². The van der Waals surface area contributed by atoms with E-state index in [-0.39, 0.29) is 23.2 Å². The highest BCUT2D eigenvalue weighted by Gasteiger charge is 2.40. The molecule has 43 heavy (non-hydrogen) atoms. The summed E-state index contributed by atoms with van der Waals surface area (Å²) in [4.78, 5) is 46.3. The summed E-state index contributed by atoms with van der Waals surface area (Å²) in [7, 11) is 0. The summed E-state index contributed by atoms with van der Waals surface area (Å²) in [5.74, 6) is 0.0855. The standard InChI is InChI=1S/C31H38N6O5S/c1-20-16-22(24-6-2-3-7-26(24)32-20)19-42-23-10-8-21(9-11-23)28(38)33-27-18-37(17-25(27)29-34-35-30(39)43-29)31(40)41-15-14-36-12-4-5-13-36/h8-11,16,25,27H,2-7,12-15,17-19H2,1H3,(H,33,38)(H,35,39)/t25?,27-/m1/s1. The molecule has 2 saturated heterocycles. The molecule has 11 nitrogen and oxygen atoms in total. The first-order valence-electron chi connectivity index (χ1n) is 15.1. The number of nitrogens with one attached hydrogen (secondary N) is 2. The molecule has 0 spiro atoms. The Morgan fingerprint density at radius 1 is 1.09 bits per heavy atom. The summed E-state index contributed by atoms with van der Waals surface area (Å²) in [5.41, 5.74) is 5.16. The van der Waals surface area contributed by atoms with Gasteiger partial charge in [0.2, 0.25) is 0 Å². The van der Waals surface area contributed by atoms with Crippen LogP contribution in [-0.2, 0) is 24.2 Å². The average molecular weight is 607 g/mol. The monoisotopic (exact) mass is 606 g/mol. The van der Waals surface area contributed by atoms with Gasteiger partial charge >= 0.3 is 11.0 Å². The van der Waals surface area contributed by atoms with Gasteiger partial charge in [-0.15, -0.1) is 0 Å². The molecule has 2 amide bonds. The van der Waals surface area contributed by atoms with Crippen molar-refractivity contribution in [2.45, 2.75) is 64.0 Å². The number of fused-ring (bicyclic) bond motifs is 1. The van der Waals surface area contributed by atoms with Gasteiger partial charge in [-0.3, -0.25) is 19.5 Å². The molecule has 0 radical (unpaired) electrons. The Balaban J connectivity index is 1.07. The molecule has 2 aromatic heterocycles. The lowest BCUT2D eigenvalue weighted by Gasteiger charge is -2.20. The van der Waals surface area contributed by atoms with E-state index in [2.05, 4.69) is 26.5 Å². The molecule has 0 bridgehead atoms. The molecule has 6 rings (SSSR count). The van der Waals surface area contributed by atoms with E-state index in [1.165, 1.54) is 42.5 Å². The van der Waals surface area contributed by atoms with Gasteiger partial charge in [0.15, 0.2) is 0 Å². The number of benzene rings is 1. The first-order chi connectivity index (χ1) is 20.9. The fourth-order valence-electron chi connectivity index (χ4n) is 6.30. The van der Waals surface area contributed by atoms with E-state index in [4.69, 9.17) is 14.5 Å². The van der Waals surface area contributed by atoms with Crippen molar-refractivity contribution in [2.75, 3.05) is 39.3 Å². The lowest BCUT2D eigenvalue weighted by Crippen LogP contribution is -2.40. The van der Waals surface area contributed by atoms with Crippen molar-refractivity contribution >= 4 is 23.3 Å². The number of aromatic nitrogens is 3. The van der Waals surface area contributed by atoms with Gasteiger partial charge in [-0.05, 0) is 100.0 Å². The Labute approximate surface area is 254 Å². The maximum Gasteiger partial charge on any atom is 0.409 e. The number of nitrogens with zero attached hydrogens (tertiary/aromatic N) is 4. The van der Waals surface area contributed by atoms with Gasteiger partial charge in [-0.25, -0.2) is 9.89 Å². The number of pyridine rings is 1. The van der Waals surface area contributed by atoms with E-state index in [0.717, 1.165) is 43.0 Å². The second-order valence-corrected chi connectivity index (χ2v) is 12.6. The van der Waals surface area contributed by atoms with Crippen molar-refractivity contribution in [3.05, 3.63) is 73.1 Å². The fourth-order valence-corrected chi connectivity index (χ4v) is 7.06. The van der Waals surface area contributed by atoms with Crippen LogP contribution in [0.25, 0.3) is 0 Å². The third-order valence-electron chi connectivity index (χ3n) is 8.53. The smallest absolute Gasteiger partial charge is 0.409 e. The second-order valence-electron chi connectivity index (χ2n) is 11.6. The number of carbonyl (C=O) groups is 2. The maximum atomic E-state index is 13.3. The highest BCUT2D eigenvalue weighted by atomic mass is 32.1. The van der Waals surface area contributed by atoms with E-state index in [1.807, 2.05) is 6.92 Å². The van der Waals surface area contributed by atoms with Crippen molar-refractivity contribution in [3.63, 3.8) is 0 Å². The first kappa shape index (κ1) is 29.3. The highest BCUT2D eigenvalue weighted by Crippen LogP contribution is 2.29. The van der Waals surface area contributed by atoms with E-state index in [0.29, 0.717) is 42.6 Å². The van der Waals surface area contributed by atoms with Crippen LogP contribution >= 0.6 is 11.3 Å². The van der Waals surface area contributed by atoms with Crippen molar-refractivity contribution < 1.29 is 19.1 Å². The van der Waals surface area contributed by atoms with Crippen molar-refractivity contribution in [2.24, 2.45) is 0 Å². The summed E-state index contributed by atoms with van der Waals surface area (Å²) in [6.07, 6.45) is 6.34. The average Bonchev–Trinajstić information content (AvgIpc) is 3.78. The van der Waals surface area contributed by atoms with Crippen LogP contribution in [0, 0.1) is 6.92 Å². The number of ether oxygens (including phenoxy) is 2. The van der Waals surface area contributed by atoms with Crippen LogP contribution < -0.4 is 14.9 Å². The van der Waals surface area contributed by atoms with Crippen LogP contribution in [0.1, 0.15) is 69.5 Å². The number of likely N-dealkylation sites (tertiary alicyclic amines) is 2. The third-order valence-corrected chi connectivity index (χ3v) is 9.41. The number of rotatable bonds is 9. The largest absolute Gasteiger partial charge is 0.489 e. The quantitative estimate of drug-likeness (QED) is 0.379. The van der Waals surface area contributed by atoms with Gasteiger partial charge in [0, 0.05) is 36.6 Å². The molecular formula is C31H38N6O5S. The molecule has 2 atom stereocenters. The summed E-state index contributed by atoms with van der Waals surface area (Å²) in [6.45, 7) is 6.16. The lowest BCUT2D eigenvalue weighted by molar-refractivity contribution is 0.0916. The van der Waals surface area contributed by atoms with Gasteiger partial charge in [-0.1, -0.05) is 11.3 Å². The van der Waals surface area contributed by atoms with Gasteiger partial charge in [-0.2, -0.15) is 5.10 Å². The topological polar surface area (TPSA) is 130 Å². The Hall–Kier alpha value is -3.77. The summed E-state index contributed by atoms with van der Waals surface area (Å²) in [6, 6.07) is 8.75. The first-order valence-corrected chi connectivity index (χ1v) is 16.0. The minimum Gasteiger partial charge on any atom is -0.489 e. The number of hydrogen-bond acceptors (Lipinski definition) is 9. The van der Waals surface area contributed by atoms with Crippen LogP contribution in [0.15, 0.2) is 35.1 Å². The molecule has 3 aliphatic rings. The molecule has 3 aromatic rings. The van der Waals surface area contributed by atoms with Crippen LogP contribution in [0.3, 0.4) is 0 Å². The number of carbonyl (C=O) groups excluding carboxylic acids is 2. The predicted octanol–water partition coefficient (Wildman–Crippen LogP) is 3.42. The number of hydrogen-bond donors (Lipinski definition) is 2. The van der Waals surface area contributed by atoms with Gasteiger partial charge < -0.3 is 19.7 Å². The third kappa shape index (κ3) is 7.07. The van der Waals surface area contributed by atoms with Crippen LogP contribution in [0.4, 0.5) is 4.79 Å². The Bertz CT molecular complexity index is 1500. The zero-order chi connectivity index (χ0) is 29.8. The van der Waals surface area contributed by atoms with Crippen molar-refractivity contribution in [1.82, 2.24) is 30.3 Å². The number of aryl methyl sites for hydroxylation is 2. The van der Waals surface area contributed by atoms with E-state index in [9.17, 15) is 14.4 Å². The lowest BCUT2D eigenvalue weighted by atomic mass is 9.92. The molecule has 1 aromatic carbocycles. The molecule has 1 aliphatic carbocycles. The van der Waals surface area contributed by atoms with Crippen LogP contribution in [0.2, 0.25) is 0 Å². The molecule has 1 unspecified atom stereocenters. The van der Waals surface area contributed by atoms with Gasteiger partial charge in [0.05, 0.1) is 12.0 Å². The Kier molecular flexibility index (Phi) is 9.03. The summed E-state index contributed by atoms with van der Waals surface area (Å²) >= 11 is 0.995. The minimum atomic E-state index is -0.422. The molecule has 4 heterocycles. The molecule has 228 valence electrons. The van der Waals surface area contributed by atoms with Gasteiger partial charge in [0.1, 0.15) is 24.0 Å². The zero-order valence-corrected chi connectivity index (χ0v) is 25.3. The highest BCUT2D eigenvalue weighted by molar-refractivity contribution is 7.08. The molecular weight excluding hydrogens is 568 g/mol. The van der Waals surface area contributed by atoms with E-state index < -0.39 is 12.1 Å². The molecule has 0 saturated carbocycles. The van der Waals surface area contributed by atoms with E-state index in [1.54, 1.807) is 29.2 Å². The minimum absolute atomic E-state index is 0.267. The molecule has 2 aliphatic heterocycles. The normalized spacial score (nSPS) is 20.2. The van der Waals surface area contributed by atoms with Crippen LogP contribution in [-0.4, -0.2) is 82.4 Å². The second kappa shape index (κ2) is 13.3. The number of amides is 2. The summed E-state index contributed by atoms with van der Waals surface area (Å²) < 4.78 is 11.7. The summed E-state index contributed by atoms with van der Waals surface area (Å²) in [5, 5.41) is 10.2. The Morgan fingerprint density at radius 2 is 1.88 bits per heavy atom. The van der Waals surface area contributed by atoms with Crippen molar-refractivity contribution in [1.29, 1.82) is 0 Å². The number of H-pyrrole nitrogens is 1. The van der Waals surface area contributed by atoms with Crippen LogP contribution in [0.5, 0.6) is 5.75 Å². The number of aromatic amines is 1. The SMILES string of the molecule is Cc1cc(COc2ccc(C(=O)N[C@@H]3CN(C(=O)OCCN4CCCC4)CC3c3n[nH]c(=O)s3)cc2)c2c(n1)CCCC2. The molecule has 2 fully saturated rings. The van der Waals surface area contributed by atoms with E-state index >= 15 is 0 Å². The molecule has 12 heteroatoms. The zero-order valence-electron chi connectivity index (χ0n) is 24.5. The maximum absolute atomic E-state index is 13.3. The predicted molar refractivity (Wildman–Crippen MR) is 162 cm³/mol. The Morgan fingerprint density at radius 3 is 2.65 bits per heavy atom.